The highest BCUT2D eigenvalue weighted by molar-refractivity contribution is 7.19. The van der Waals surface area contributed by atoms with Crippen LogP contribution in [0.5, 0.6) is 0 Å². The van der Waals surface area contributed by atoms with Crippen LogP contribution < -0.4 is 5.32 Å². The first-order valence-corrected chi connectivity index (χ1v) is 9.51. The third-order valence-electron chi connectivity index (χ3n) is 4.54. The molecule has 4 rings (SSSR count). The van der Waals surface area contributed by atoms with E-state index in [1.54, 1.807) is 29.6 Å². The molecule has 2 aromatic heterocycles. The first-order valence-electron chi connectivity index (χ1n) is 8.70. The molecule has 0 bridgehead atoms. The molecule has 1 amide bonds. The minimum absolute atomic E-state index is 0.0803. The van der Waals surface area contributed by atoms with Crippen molar-refractivity contribution in [3.63, 3.8) is 0 Å². The summed E-state index contributed by atoms with van der Waals surface area (Å²) >= 11 is 1.43. The number of hydrogen-bond donors (Lipinski definition) is 1. The van der Waals surface area contributed by atoms with Gasteiger partial charge in [-0.15, -0.1) is 10.2 Å². The number of rotatable bonds is 4. The number of nitro benzene ring substituents is 1. The second kappa shape index (κ2) is 7.06. The number of nitrogens with zero attached hydrogens (tertiary/aromatic N) is 5. The quantitative estimate of drug-likeness (QED) is 0.404. The molecule has 4 aromatic rings. The van der Waals surface area contributed by atoms with Crippen LogP contribution in [0.2, 0.25) is 0 Å². The van der Waals surface area contributed by atoms with Gasteiger partial charge in [0.05, 0.1) is 4.92 Å². The van der Waals surface area contributed by atoms with Gasteiger partial charge in [-0.1, -0.05) is 17.4 Å². The summed E-state index contributed by atoms with van der Waals surface area (Å²) in [6.45, 7) is 5.35. The van der Waals surface area contributed by atoms with E-state index < -0.39 is 10.8 Å². The molecule has 0 spiro atoms. The third-order valence-corrected chi connectivity index (χ3v) is 5.48. The maximum Gasteiger partial charge on any atom is 0.273 e. The van der Waals surface area contributed by atoms with E-state index in [0.717, 1.165) is 22.0 Å². The largest absolute Gasteiger partial charge is 0.322 e. The Hall–Kier alpha value is -3.66. The summed E-state index contributed by atoms with van der Waals surface area (Å²) in [5.74, 6) is 0.314. The van der Waals surface area contributed by atoms with E-state index >= 15 is 0 Å². The molecule has 0 atom stereocenters. The number of carbonyl (C=O) groups is 1. The van der Waals surface area contributed by atoms with Crippen molar-refractivity contribution in [2.75, 3.05) is 5.32 Å². The van der Waals surface area contributed by atoms with Gasteiger partial charge in [0.1, 0.15) is 5.01 Å². The van der Waals surface area contributed by atoms with Crippen LogP contribution in [-0.2, 0) is 0 Å². The van der Waals surface area contributed by atoms with E-state index in [1.807, 2.05) is 26.0 Å². The minimum atomic E-state index is -0.492. The number of aryl methyl sites for hydroxylation is 3. The summed E-state index contributed by atoms with van der Waals surface area (Å²) in [5, 5.41) is 27.3. The first kappa shape index (κ1) is 18.7. The fourth-order valence-electron chi connectivity index (χ4n) is 2.91. The van der Waals surface area contributed by atoms with Crippen molar-refractivity contribution in [1.29, 1.82) is 0 Å². The molecule has 10 heteroatoms. The molecule has 0 saturated carbocycles. The molecule has 0 aliphatic carbocycles. The average Bonchev–Trinajstić information content (AvgIpc) is 3.25. The number of hydrogen-bond acceptors (Lipinski definition) is 7. The highest BCUT2D eigenvalue weighted by Crippen LogP contribution is 2.29. The minimum Gasteiger partial charge on any atom is -0.322 e. The lowest BCUT2D eigenvalue weighted by Crippen LogP contribution is -2.13. The number of fused-ring (bicyclic) bond motifs is 1. The van der Waals surface area contributed by atoms with Crippen LogP contribution in [0.15, 0.2) is 36.4 Å². The summed E-state index contributed by atoms with van der Waals surface area (Å²) in [7, 11) is 0. The van der Waals surface area contributed by atoms with Crippen molar-refractivity contribution in [1.82, 2.24) is 19.8 Å². The standard InChI is InChI=1S/C19H16N6O3S/c1-10-4-5-13(9-16(10)25(27)28)17(26)20-15-7-6-14(8-11(15)2)18-23-24-12(3)21-22-19(24)29-18/h4-9H,1-3H3,(H,20,26). The maximum absolute atomic E-state index is 12.6. The zero-order valence-corrected chi connectivity index (χ0v) is 16.6. The van der Waals surface area contributed by atoms with Gasteiger partial charge in [-0.3, -0.25) is 14.9 Å². The SMILES string of the molecule is Cc1cc(-c2nn3c(C)nnc3s2)ccc1NC(=O)c1ccc(C)c([N+](=O)[O-])c1. The number of benzene rings is 2. The Morgan fingerprint density at radius 1 is 1.10 bits per heavy atom. The Kier molecular flexibility index (Phi) is 4.55. The van der Waals surface area contributed by atoms with Crippen molar-refractivity contribution in [2.24, 2.45) is 0 Å². The number of amides is 1. The predicted molar refractivity (Wildman–Crippen MR) is 109 cm³/mol. The molecular formula is C19H16N6O3S. The Labute approximate surface area is 169 Å². The smallest absolute Gasteiger partial charge is 0.273 e. The lowest BCUT2D eigenvalue weighted by atomic mass is 10.1. The van der Waals surface area contributed by atoms with E-state index in [4.69, 9.17) is 0 Å². The fraction of sp³-hybridized carbons (Fsp3) is 0.158. The monoisotopic (exact) mass is 408 g/mol. The molecule has 0 saturated heterocycles. The van der Waals surface area contributed by atoms with Crippen LogP contribution in [0.3, 0.4) is 0 Å². The number of nitrogens with one attached hydrogen (secondary N) is 1. The Bertz CT molecular complexity index is 1280. The Morgan fingerprint density at radius 2 is 1.90 bits per heavy atom. The van der Waals surface area contributed by atoms with Crippen LogP contribution in [0.4, 0.5) is 11.4 Å². The summed E-state index contributed by atoms with van der Waals surface area (Å²) in [4.78, 5) is 23.9. The first-order chi connectivity index (χ1) is 13.8. The van der Waals surface area contributed by atoms with Crippen LogP contribution >= 0.6 is 11.3 Å². The number of aromatic nitrogens is 4. The van der Waals surface area contributed by atoms with Gasteiger partial charge in [0.15, 0.2) is 5.82 Å². The summed E-state index contributed by atoms with van der Waals surface area (Å²) in [5.41, 5.74) is 3.04. The highest BCUT2D eigenvalue weighted by Gasteiger charge is 2.16. The average molecular weight is 408 g/mol. The molecule has 29 heavy (non-hydrogen) atoms. The molecule has 0 unspecified atom stereocenters. The van der Waals surface area contributed by atoms with Gasteiger partial charge in [-0.05, 0) is 50.6 Å². The molecule has 0 fully saturated rings. The molecule has 0 radical (unpaired) electrons. The second-order valence-corrected chi connectivity index (χ2v) is 7.55. The van der Waals surface area contributed by atoms with Crippen molar-refractivity contribution in [2.45, 2.75) is 20.8 Å². The van der Waals surface area contributed by atoms with Gasteiger partial charge >= 0.3 is 0 Å². The molecular weight excluding hydrogens is 392 g/mol. The van der Waals surface area contributed by atoms with Crippen molar-refractivity contribution < 1.29 is 9.72 Å². The van der Waals surface area contributed by atoms with E-state index in [1.165, 1.54) is 17.4 Å². The number of anilines is 1. The molecule has 9 nitrogen and oxygen atoms in total. The molecule has 146 valence electrons. The van der Waals surface area contributed by atoms with Crippen LogP contribution in [0, 0.1) is 30.9 Å². The second-order valence-electron chi connectivity index (χ2n) is 6.59. The van der Waals surface area contributed by atoms with Crippen molar-refractivity contribution in [3.05, 3.63) is 69.0 Å². The molecule has 2 aromatic carbocycles. The number of nitro groups is 1. The lowest BCUT2D eigenvalue weighted by Gasteiger charge is -2.10. The third kappa shape index (κ3) is 3.45. The summed E-state index contributed by atoms with van der Waals surface area (Å²) in [6.07, 6.45) is 0. The topological polar surface area (TPSA) is 115 Å². The molecule has 1 N–H and O–H groups in total. The van der Waals surface area contributed by atoms with E-state index in [-0.39, 0.29) is 11.3 Å². The Balaban J connectivity index is 1.59. The fourth-order valence-corrected chi connectivity index (χ4v) is 3.79. The summed E-state index contributed by atoms with van der Waals surface area (Å²) in [6, 6.07) is 10.0. The molecule has 2 heterocycles. The molecule has 0 aliphatic heterocycles. The maximum atomic E-state index is 12.6. The number of carbonyl (C=O) groups excluding carboxylic acids is 1. The van der Waals surface area contributed by atoms with Gasteiger partial charge in [-0.2, -0.15) is 9.61 Å². The predicted octanol–water partition coefficient (Wildman–Crippen LogP) is 3.94. The zero-order valence-electron chi connectivity index (χ0n) is 15.8. The lowest BCUT2D eigenvalue weighted by molar-refractivity contribution is -0.385. The molecule has 0 aliphatic rings. The zero-order chi connectivity index (χ0) is 20.7. The van der Waals surface area contributed by atoms with Gasteiger partial charge in [0.25, 0.3) is 11.6 Å². The Morgan fingerprint density at radius 3 is 2.59 bits per heavy atom. The van der Waals surface area contributed by atoms with Gasteiger partial charge in [0.2, 0.25) is 4.96 Å². The van der Waals surface area contributed by atoms with Gasteiger partial charge < -0.3 is 5.32 Å². The normalized spacial score (nSPS) is 11.0. The van der Waals surface area contributed by atoms with E-state index in [0.29, 0.717) is 16.2 Å². The van der Waals surface area contributed by atoms with E-state index in [9.17, 15) is 14.9 Å². The van der Waals surface area contributed by atoms with Crippen LogP contribution in [-0.4, -0.2) is 30.6 Å². The summed E-state index contributed by atoms with van der Waals surface area (Å²) < 4.78 is 1.69. The van der Waals surface area contributed by atoms with Gasteiger partial charge in [-0.25, -0.2) is 0 Å². The van der Waals surface area contributed by atoms with Crippen molar-refractivity contribution in [3.8, 4) is 10.6 Å². The van der Waals surface area contributed by atoms with Crippen LogP contribution in [0.1, 0.15) is 27.3 Å². The van der Waals surface area contributed by atoms with Crippen LogP contribution in [0.25, 0.3) is 15.5 Å². The van der Waals surface area contributed by atoms with Gasteiger partial charge in [0, 0.05) is 28.4 Å². The van der Waals surface area contributed by atoms with E-state index in [2.05, 4.69) is 20.6 Å². The highest BCUT2D eigenvalue weighted by atomic mass is 32.1. The van der Waals surface area contributed by atoms with Crippen molar-refractivity contribution >= 4 is 33.6 Å².